The van der Waals surface area contributed by atoms with Gasteiger partial charge in [-0.05, 0) is 42.0 Å². The van der Waals surface area contributed by atoms with Crippen molar-refractivity contribution >= 4 is 5.91 Å². The first-order valence-electron chi connectivity index (χ1n) is 9.76. The van der Waals surface area contributed by atoms with Crippen LogP contribution in [0.5, 0.6) is 5.75 Å². The molecule has 4 aromatic rings. The minimum absolute atomic E-state index is 0.134. The summed E-state index contributed by atoms with van der Waals surface area (Å²) in [6, 6.07) is 18.7. The Labute approximate surface area is 178 Å². The molecule has 6 nitrogen and oxygen atoms in total. The van der Waals surface area contributed by atoms with Crippen molar-refractivity contribution in [2.75, 3.05) is 7.11 Å². The van der Waals surface area contributed by atoms with E-state index in [1.807, 2.05) is 24.3 Å². The number of rotatable bonds is 8. The molecule has 1 amide bonds. The molecule has 158 valence electrons. The first-order chi connectivity index (χ1) is 15.1. The van der Waals surface area contributed by atoms with Crippen molar-refractivity contribution < 1.29 is 22.9 Å². The van der Waals surface area contributed by atoms with Crippen LogP contribution in [0.25, 0.3) is 11.3 Å². The molecule has 0 fully saturated rings. The van der Waals surface area contributed by atoms with Gasteiger partial charge in [0, 0.05) is 6.07 Å². The van der Waals surface area contributed by atoms with Gasteiger partial charge in [-0.3, -0.25) is 4.79 Å². The molecular weight excluding hydrogens is 399 g/mol. The largest absolute Gasteiger partial charge is 0.496 e. The number of ether oxygens (including phenoxy) is 1. The van der Waals surface area contributed by atoms with E-state index in [1.165, 1.54) is 12.1 Å². The highest BCUT2D eigenvalue weighted by molar-refractivity contribution is 5.78. The third-order valence-electron chi connectivity index (χ3n) is 4.83. The van der Waals surface area contributed by atoms with Crippen LogP contribution in [0.4, 0.5) is 4.39 Å². The van der Waals surface area contributed by atoms with Crippen molar-refractivity contribution in [3.63, 3.8) is 0 Å². The molecule has 2 aromatic heterocycles. The van der Waals surface area contributed by atoms with Gasteiger partial charge in [-0.2, -0.15) is 0 Å². The summed E-state index contributed by atoms with van der Waals surface area (Å²) in [4.78, 5) is 14.6. The molecule has 0 aliphatic heterocycles. The van der Waals surface area contributed by atoms with Crippen molar-refractivity contribution in [2.24, 2.45) is 0 Å². The van der Waals surface area contributed by atoms with Crippen molar-refractivity contribution in [1.29, 1.82) is 0 Å². The lowest BCUT2D eigenvalue weighted by atomic mass is 10.1. The van der Waals surface area contributed by atoms with E-state index in [-0.39, 0.29) is 31.2 Å². The second kappa shape index (κ2) is 9.30. The summed E-state index contributed by atoms with van der Waals surface area (Å²) in [5.41, 5.74) is 2.10. The molecule has 0 unspecified atom stereocenters. The molecule has 2 aromatic carbocycles. The zero-order valence-electron chi connectivity index (χ0n) is 17.0. The van der Waals surface area contributed by atoms with E-state index < -0.39 is 0 Å². The quantitative estimate of drug-likeness (QED) is 0.407. The Morgan fingerprint density at radius 3 is 2.61 bits per heavy atom. The van der Waals surface area contributed by atoms with Crippen LogP contribution in [0.15, 0.2) is 81.9 Å². The molecule has 0 radical (unpaired) electrons. The second-order valence-electron chi connectivity index (χ2n) is 7.02. The molecule has 0 aliphatic rings. The fourth-order valence-electron chi connectivity index (χ4n) is 3.27. The average Bonchev–Trinajstić information content (AvgIpc) is 3.47. The number of hydrogen-bond acceptors (Lipinski definition) is 5. The highest BCUT2D eigenvalue weighted by Gasteiger charge is 2.19. The van der Waals surface area contributed by atoms with E-state index in [4.69, 9.17) is 13.7 Å². The predicted molar refractivity (Wildman–Crippen MR) is 112 cm³/mol. The zero-order valence-corrected chi connectivity index (χ0v) is 17.0. The fourth-order valence-corrected chi connectivity index (χ4v) is 3.27. The van der Waals surface area contributed by atoms with E-state index in [0.29, 0.717) is 23.0 Å². The maximum Gasteiger partial charge on any atom is 0.227 e. The Hall–Kier alpha value is -3.87. The predicted octanol–water partition coefficient (Wildman–Crippen LogP) is 4.85. The van der Waals surface area contributed by atoms with Crippen molar-refractivity contribution in [2.45, 2.75) is 19.5 Å². The van der Waals surface area contributed by atoms with E-state index in [2.05, 4.69) is 5.16 Å². The summed E-state index contributed by atoms with van der Waals surface area (Å²) >= 11 is 0. The molecule has 0 spiro atoms. The molecule has 0 aliphatic carbocycles. The van der Waals surface area contributed by atoms with Crippen molar-refractivity contribution in [3.8, 4) is 17.1 Å². The summed E-state index contributed by atoms with van der Waals surface area (Å²) in [5.74, 6) is 1.40. The molecule has 4 rings (SSSR count). The van der Waals surface area contributed by atoms with Crippen LogP contribution in [-0.4, -0.2) is 23.1 Å². The topological polar surface area (TPSA) is 68.7 Å². The van der Waals surface area contributed by atoms with Crippen LogP contribution in [0.1, 0.15) is 17.0 Å². The van der Waals surface area contributed by atoms with Gasteiger partial charge in [0.1, 0.15) is 23.0 Å². The standard InChI is InChI=1S/C24H21FN2O4/c1-29-22-7-3-2-6-21(22)23-14-19(26-31-23)15-27(16-20-5-4-12-30-20)24(28)13-17-8-10-18(25)11-9-17/h2-12,14H,13,15-16H2,1H3. The number of halogens is 1. The SMILES string of the molecule is COc1ccccc1-c1cc(CN(Cc2ccco2)C(=O)Cc2ccc(F)cc2)no1. The smallest absolute Gasteiger partial charge is 0.227 e. The Balaban J connectivity index is 1.54. The van der Waals surface area contributed by atoms with Gasteiger partial charge in [-0.25, -0.2) is 4.39 Å². The summed E-state index contributed by atoms with van der Waals surface area (Å²) in [6.07, 6.45) is 1.70. The van der Waals surface area contributed by atoms with Gasteiger partial charge in [0.25, 0.3) is 0 Å². The van der Waals surface area contributed by atoms with Gasteiger partial charge in [0.15, 0.2) is 5.76 Å². The molecule has 0 bridgehead atoms. The van der Waals surface area contributed by atoms with Crippen LogP contribution in [0.3, 0.4) is 0 Å². The van der Waals surface area contributed by atoms with Gasteiger partial charge in [0.05, 0.1) is 38.4 Å². The Kier molecular flexibility index (Phi) is 6.12. The number of methoxy groups -OCH3 is 1. The Morgan fingerprint density at radius 1 is 1.06 bits per heavy atom. The fraction of sp³-hybridized carbons (Fsp3) is 0.167. The number of aromatic nitrogens is 1. The lowest BCUT2D eigenvalue weighted by molar-refractivity contribution is -0.132. The minimum atomic E-state index is -0.338. The average molecular weight is 420 g/mol. The summed E-state index contributed by atoms with van der Waals surface area (Å²) in [5, 5.41) is 4.13. The van der Waals surface area contributed by atoms with Gasteiger partial charge >= 0.3 is 0 Å². The Morgan fingerprint density at radius 2 is 1.87 bits per heavy atom. The summed E-state index contributed by atoms with van der Waals surface area (Å²) < 4.78 is 29.5. The molecule has 0 atom stereocenters. The molecular formula is C24H21FN2O4. The number of amides is 1. The van der Waals surface area contributed by atoms with E-state index in [0.717, 1.165) is 11.1 Å². The number of nitrogens with zero attached hydrogens (tertiary/aromatic N) is 2. The molecule has 0 saturated heterocycles. The van der Waals surface area contributed by atoms with Crippen LogP contribution in [0.2, 0.25) is 0 Å². The van der Waals surface area contributed by atoms with Gasteiger partial charge in [0.2, 0.25) is 5.91 Å². The molecule has 31 heavy (non-hydrogen) atoms. The lowest BCUT2D eigenvalue weighted by Gasteiger charge is -2.20. The van der Waals surface area contributed by atoms with Crippen LogP contribution in [0, 0.1) is 5.82 Å². The maximum atomic E-state index is 13.2. The number of hydrogen-bond donors (Lipinski definition) is 0. The van der Waals surface area contributed by atoms with Crippen molar-refractivity contribution in [1.82, 2.24) is 10.1 Å². The summed E-state index contributed by atoms with van der Waals surface area (Å²) in [7, 11) is 1.59. The van der Waals surface area contributed by atoms with Gasteiger partial charge < -0.3 is 18.6 Å². The number of para-hydroxylation sites is 1. The molecule has 0 saturated carbocycles. The minimum Gasteiger partial charge on any atom is -0.496 e. The van der Waals surface area contributed by atoms with E-state index in [1.54, 1.807) is 48.6 Å². The molecule has 2 heterocycles. The second-order valence-corrected chi connectivity index (χ2v) is 7.02. The lowest BCUT2D eigenvalue weighted by Crippen LogP contribution is -2.31. The van der Waals surface area contributed by atoms with E-state index >= 15 is 0 Å². The number of carbonyl (C=O) groups is 1. The van der Waals surface area contributed by atoms with E-state index in [9.17, 15) is 9.18 Å². The highest BCUT2D eigenvalue weighted by atomic mass is 19.1. The first kappa shape index (κ1) is 20.4. The monoisotopic (exact) mass is 420 g/mol. The highest BCUT2D eigenvalue weighted by Crippen LogP contribution is 2.30. The third-order valence-corrected chi connectivity index (χ3v) is 4.83. The molecule has 0 N–H and O–H groups in total. The third kappa shape index (κ3) is 5.01. The Bertz CT molecular complexity index is 1140. The number of benzene rings is 2. The number of carbonyl (C=O) groups excluding carboxylic acids is 1. The maximum absolute atomic E-state index is 13.2. The normalized spacial score (nSPS) is 10.8. The van der Waals surface area contributed by atoms with Gasteiger partial charge in [-0.15, -0.1) is 0 Å². The van der Waals surface area contributed by atoms with Crippen LogP contribution < -0.4 is 4.74 Å². The molecule has 7 heteroatoms. The number of furan rings is 1. The van der Waals surface area contributed by atoms with Crippen molar-refractivity contribution in [3.05, 3.63) is 95.8 Å². The van der Waals surface area contributed by atoms with Gasteiger partial charge in [-0.1, -0.05) is 29.4 Å². The summed E-state index contributed by atoms with van der Waals surface area (Å²) in [6.45, 7) is 0.517. The zero-order chi connectivity index (χ0) is 21.6. The van der Waals surface area contributed by atoms with Crippen LogP contribution in [-0.2, 0) is 24.3 Å². The van der Waals surface area contributed by atoms with Crippen LogP contribution >= 0.6 is 0 Å². The first-order valence-corrected chi connectivity index (χ1v) is 9.76.